The SMILES string of the molecule is CCNC(=S)Nc1nc2c(Cl)cccc2s1. The van der Waals surface area contributed by atoms with Crippen LogP contribution in [0.2, 0.25) is 5.02 Å². The highest BCUT2D eigenvalue weighted by molar-refractivity contribution is 7.80. The number of aromatic nitrogens is 1. The normalized spacial score (nSPS) is 10.4. The second-order valence-corrected chi connectivity index (χ2v) is 4.94. The molecule has 0 fully saturated rings. The Labute approximate surface area is 108 Å². The zero-order valence-corrected chi connectivity index (χ0v) is 11.0. The van der Waals surface area contributed by atoms with Gasteiger partial charge in [0.15, 0.2) is 10.2 Å². The van der Waals surface area contributed by atoms with E-state index < -0.39 is 0 Å². The molecule has 2 N–H and O–H groups in total. The van der Waals surface area contributed by atoms with E-state index in [1.165, 1.54) is 11.3 Å². The third-order valence-electron chi connectivity index (χ3n) is 1.93. The topological polar surface area (TPSA) is 37.0 Å². The molecule has 0 atom stereocenters. The van der Waals surface area contributed by atoms with Gasteiger partial charge < -0.3 is 10.6 Å². The Morgan fingerprint density at radius 3 is 3.06 bits per heavy atom. The van der Waals surface area contributed by atoms with Gasteiger partial charge in [0, 0.05) is 6.54 Å². The first-order valence-corrected chi connectivity index (χ1v) is 6.41. The van der Waals surface area contributed by atoms with Gasteiger partial charge in [0.1, 0.15) is 5.52 Å². The van der Waals surface area contributed by atoms with Gasteiger partial charge in [-0.25, -0.2) is 4.98 Å². The summed E-state index contributed by atoms with van der Waals surface area (Å²) in [5.41, 5.74) is 0.816. The van der Waals surface area contributed by atoms with Gasteiger partial charge in [0.25, 0.3) is 0 Å². The molecule has 0 bridgehead atoms. The van der Waals surface area contributed by atoms with Gasteiger partial charge >= 0.3 is 0 Å². The molecule has 84 valence electrons. The van der Waals surface area contributed by atoms with E-state index in [-0.39, 0.29) is 0 Å². The second-order valence-electron chi connectivity index (χ2n) is 3.09. The Balaban J connectivity index is 2.26. The van der Waals surface area contributed by atoms with Crippen LogP contribution >= 0.6 is 35.2 Å². The molecule has 0 saturated carbocycles. The summed E-state index contributed by atoms with van der Waals surface area (Å²) >= 11 is 12.7. The lowest BCUT2D eigenvalue weighted by Crippen LogP contribution is -2.27. The van der Waals surface area contributed by atoms with Crippen LogP contribution in [0.4, 0.5) is 5.13 Å². The molecule has 0 saturated heterocycles. The fourth-order valence-electron chi connectivity index (χ4n) is 1.27. The molecule has 0 aliphatic carbocycles. The van der Waals surface area contributed by atoms with Gasteiger partial charge in [-0.05, 0) is 31.3 Å². The van der Waals surface area contributed by atoms with Gasteiger partial charge in [-0.15, -0.1) is 0 Å². The van der Waals surface area contributed by atoms with Crippen LogP contribution < -0.4 is 10.6 Å². The standard InChI is InChI=1S/C10H10ClN3S2/c1-2-12-9(15)14-10-13-8-6(11)4-3-5-7(8)16-10/h3-5H,2H2,1H3,(H2,12,13,14,15). The molecule has 2 aromatic rings. The number of anilines is 1. The highest BCUT2D eigenvalue weighted by atomic mass is 35.5. The quantitative estimate of drug-likeness (QED) is 0.822. The number of halogens is 1. The maximum atomic E-state index is 6.04. The van der Waals surface area contributed by atoms with Crippen molar-refractivity contribution in [1.29, 1.82) is 0 Å². The van der Waals surface area contributed by atoms with Crippen molar-refractivity contribution >= 4 is 55.6 Å². The maximum Gasteiger partial charge on any atom is 0.190 e. The number of rotatable bonds is 2. The lowest BCUT2D eigenvalue weighted by Gasteiger charge is -2.04. The number of nitrogens with zero attached hydrogens (tertiary/aromatic N) is 1. The largest absolute Gasteiger partial charge is 0.363 e. The van der Waals surface area contributed by atoms with Crippen LogP contribution in [0.25, 0.3) is 10.2 Å². The predicted octanol–water partition coefficient (Wildman–Crippen LogP) is 3.26. The number of thiazole rings is 1. The summed E-state index contributed by atoms with van der Waals surface area (Å²) in [6.07, 6.45) is 0. The van der Waals surface area contributed by atoms with Crippen LogP contribution in [-0.4, -0.2) is 16.6 Å². The number of hydrogen-bond acceptors (Lipinski definition) is 3. The fraction of sp³-hybridized carbons (Fsp3) is 0.200. The van der Waals surface area contributed by atoms with E-state index in [2.05, 4.69) is 15.6 Å². The minimum Gasteiger partial charge on any atom is -0.363 e. The monoisotopic (exact) mass is 271 g/mol. The first kappa shape index (κ1) is 11.6. The molecule has 1 aromatic carbocycles. The smallest absolute Gasteiger partial charge is 0.190 e. The highest BCUT2D eigenvalue weighted by Crippen LogP contribution is 2.30. The third-order valence-corrected chi connectivity index (χ3v) is 3.41. The minimum atomic E-state index is 0.581. The average molecular weight is 272 g/mol. The van der Waals surface area contributed by atoms with E-state index in [4.69, 9.17) is 23.8 Å². The van der Waals surface area contributed by atoms with Gasteiger partial charge in [0.05, 0.1) is 9.72 Å². The Kier molecular flexibility index (Phi) is 3.58. The summed E-state index contributed by atoms with van der Waals surface area (Å²) in [7, 11) is 0. The van der Waals surface area contributed by atoms with Crippen LogP contribution in [0, 0.1) is 0 Å². The summed E-state index contributed by atoms with van der Waals surface area (Å²) < 4.78 is 1.05. The molecular weight excluding hydrogens is 262 g/mol. The molecule has 1 aromatic heterocycles. The van der Waals surface area contributed by atoms with E-state index in [9.17, 15) is 0 Å². The Hall–Kier alpha value is -0.910. The van der Waals surface area contributed by atoms with Gasteiger partial charge in [-0.1, -0.05) is 29.0 Å². The van der Waals surface area contributed by atoms with E-state index in [1.54, 1.807) is 0 Å². The van der Waals surface area contributed by atoms with E-state index in [0.29, 0.717) is 10.1 Å². The number of para-hydroxylation sites is 1. The fourth-order valence-corrected chi connectivity index (χ4v) is 2.75. The summed E-state index contributed by atoms with van der Waals surface area (Å²) in [6.45, 7) is 2.78. The van der Waals surface area contributed by atoms with Crippen molar-refractivity contribution < 1.29 is 0 Å². The van der Waals surface area contributed by atoms with Crippen LogP contribution in [0.1, 0.15) is 6.92 Å². The summed E-state index contributed by atoms with van der Waals surface area (Å²) in [5.74, 6) is 0. The van der Waals surface area contributed by atoms with E-state index in [0.717, 1.165) is 21.9 Å². The minimum absolute atomic E-state index is 0.581. The number of hydrogen-bond donors (Lipinski definition) is 2. The van der Waals surface area contributed by atoms with Crippen molar-refractivity contribution in [2.45, 2.75) is 6.92 Å². The van der Waals surface area contributed by atoms with Gasteiger partial charge in [0.2, 0.25) is 0 Å². The lowest BCUT2D eigenvalue weighted by atomic mass is 10.3. The highest BCUT2D eigenvalue weighted by Gasteiger charge is 2.07. The molecule has 3 nitrogen and oxygen atoms in total. The second kappa shape index (κ2) is 4.95. The van der Waals surface area contributed by atoms with E-state index in [1.807, 2.05) is 25.1 Å². The number of benzene rings is 1. The summed E-state index contributed by atoms with van der Waals surface area (Å²) in [4.78, 5) is 4.38. The molecule has 0 aliphatic rings. The first-order valence-electron chi connectivity index (χ1n) is 4.80. The molecule has 0 spiro atoms. The van der Waals surface area contributed by atoms with Crippen molar-refractivity contribution in [3.05, 3.63) is 23.2 Å². The summed E-state index contributed by atoms with van der Waals surface area (Å²) in [6, 6.07) is 5.73. The number of nitrogens with one attached hydrogen (secondary N) is 2. The molecule has 1 heterocycles. The number of thiocarbonyl (C=S) groups is 1. The van der Waals surface area contributed by atoms with Crippen molar-refractivity contribution in [3.8, 4) is 0 Å². The summed E-state index contributed by atoms with van der Waals surface area (Å²) in [5, 5.41) is 8.04. The molecule has 0 radical (unpaired) electrons. The Morgan fingerprint density at radius 1 is 1.56 bits per heavy atom. The molecule has 0 amide bonds. The van der Waals surface area contributed by atoms with Crippen molar-refractivity contribution in [1.82, 2.24) is 10.3 Å². The maximum absolute atomic E-state index is 6.04. The average Bonchev–Trinajstić information content (AvgIpc) is 2.62. The zero-order valence-electron chi connectivity index (χ0n) is 8.58. The molecule has 0 unspecified atom stereocenters. The van der Waals surface area contributed by atoms with Gasteiger partial charge in [-0.2, -0.15) is 0 Å². The van der Waals surface area contributed by atoms with Crippen LogP contribution in [0.3, 0.4) is 0 Å². The van der Waals surface area contributed by atoms with Crippen LogP contribution in [0.15, 0.2) is 18.2 Å². The molecule has 0 aliphatic heterocycles. The Morgan fingerprint density at radius 2 is 2.38 bits per heavy atom. The van der Waals surface area contributed by atoms with E-state index >= 15 is 0 Å². The van der Waals surface area contributed by atoms with Gasteiger partial charge in [-0.3, -0.25) is 0 Å². The van der Waals surface area contributed by atoms with Crippen molar-refractivity contribution in [2.24, 2.45) is 0 Å². The van der Waals surface area contributed by atoms with Crippen molar-refractivity contribution in [2.75, 3.05) is 11.9 Å². The third kappa shape index (κ3) is 2.42. The molecule has 16 heavy (non-hydrogen) atoms. The molecule has 6 heteroatoms. The van der Waals surface area contributed by atoms with Crippen LogP contribution in [0.5, 0.6) is 0 Å². The molecular formula is C10H10ClN3S2. The van der Waals surface area contributed by atoms with Crippen LogP contribution in [-0.2, 0) is 0 Å². The Bertz CT molecular complexity index is 524. The first-order chi connectivity index (χ1) is 7.70. The predicted molar refractivity (Wildman–Crippen MR) is 74.5 cm³/mol. The number of fused-ring (bicyclic) bond motifs is 1. The van der Waals surface area contributed by atoms with Crippen molar-refractivity contribution in [3.63, 3.8) is 0 Å². The molecule has 2 rings (SSSR count). The lowest BCUT2D eigenvalue weighted by molar-refractivity contribution is 0.979. The zero-order chi connectivity index (χ0) is 11.5.